The van der Waals surface area contributed by atoms with E-state index in [-0.39, 0.29) is 5.41 Å². The van der Waals surface area contributed by atoms with E-state index in [9.17, 15) is 0 Å². The summed E-state index contributed by atoms with van der Waals surface area (Å²) in [6, 6.07) is 6.90. The van der Waals surface area contributed by atoms with Gasteiger partial charge in [-0.15, -0.1) is 0 Å². The Morgan fingerprint density at radius 2 is 2.19 bits per heavy atom. The summed E-state index contributed by atoms with van der Waals surface area (Å²) >= 11 is 0. The largest absolute Gasteiger partial charge is 0.496 e. The van der Waals surface area contributed by atoms with Crippen LogP contribution in [0.1, 0.15) is 31.9 Å². The van der Waals surface area contributed by atoms with Crippen molar-refractivity contribution in [2.75, 3.05) is 13.7 Å². The summed E-state index contributed by atoms with van der Waals surface area (Å²) in [4.78, 5) is 0. The number of hydrogen-bond donors (Lipinski definition) is 1. The van der Waals surface area contributed by atoms with E-state index < -0.39 is 0 Å². The molecule has 0 fully saturated rings. The molecule has 1 aromatic rings. The summed E-state index contributed by atoms with van der Waals surface area (Å²) in [7, 11) is 1.75. The molecule has 2 rings (SSSR count). The second-order valence-corrected chi connectivity index (χ2v) is 5.02. The van der Waals surface area contributed by atoms with Gasteiger partial charge in [0.15, 0.2) is 0 Å². The molecule has 1 aliphatic rings. The fourth-order valence-electron chi connectivity index (χ4n) is 2.79. The molecule has 1 aromatic carbocycles. The van der Waals surface area contributed by atoms with Gasteiger partial charge in [0.25, 0.3) is 0 Å². The fraction of sp³-hybridized carbons (Fsp3) is 0.571. The van der Waals surface area contributed by atoms with Crippen LogP contribution in [0.15, 0.2) is 18.2 Å². The molecule has 1 N–H and O–H groups in total. The van der Waals surface area contributed by atoms with Crippen LogP contribution in [0.2, 0.25) is 0 Å². The van der Waals surface area contributed by atoms with Crippen molar-refractivity contribution in [1.29, 1.82) is 0 Å². The van der Waals surface area contributed by atoms with E-state index in [1.807, 2.05) is 0 Å². The van der Waals surface area contributed by atoms with Crippen molar-refractivity contribution in [3.8, 4) is 5.75 Å². The number of methoxy groups -OCH3 is 1. The van der Waals surface area contributed by atoms with Crippen LogP contribution in [0.5, 0.6) is 5.75 Å². The highest BCUT2D eigenvalue weighted by Gasteiger charge is 2.40. The Morgan fingerprint density at radius 1 is 1.44 bits per heavy atom. The van der Waals surface area contributed by atoms with Gasteiger partial charge in [0.05, 0.1) is 7.11 Å². The zero-order valence-electron chi connectivity index (χ0n) is 10.6. The second kappa shape index (κ2) is 4.10. The molecule has 0 saturated carbocycles. The molecule has 0 spiro atoms. The van der Waals surface area contributed by atoms with Crippen molar-refractivity contribution in [2.45, 2.75) is 38.6 Å². The van der Waals surface area contributed by atoms with Gasteiger partial charge in [0.1, 0.15) is 5.75 Å². The normalized spacial score (nSPS) is 21.9. The van der Waals surface area contributed by atoms with E-state index >= 15 is 0 Å². The average molecular weight is 219 g/mol. The third-order valence-electron chi connectivity index (χ3n) is 3.78. The van der Waals surface area contributed by atoms with Gasteiger partial charge >= 0.3 is 0 Å². The molecule has 16 heavy (non-hydrogen) atoms. The molecule has 0 radical (unpaired) electrons. The first-order valence-corrected chi connectivity index (χ1v) is 6.01. The summed E-state index contributed by atoms with van der Waals surface area (Å²) in [6.45, 7) is 7.80. The third kappa shape index (κ3) is 1.61. The van der Waals surface area contributed by atoms with Crippen LogP contribution >= 0.6 is 0 Å². The third-order valence-corrected chi connectivity index (χ3v) is 3.78. The van der Waals surface area contributed by atoms with Gasteiger partial charge < -0.3 is 10.1 Å². The zero-order valence-corrected chi connectivity index (χ0v) is 10.6. The summed E-state index contributed by atoms with van der Waals surface area (Å²) < 4.78 is 5.45. The standard InChI is InChI=1S/C14H21NO/c1-5-15-13-9-10-11(14(13,2)3)7-6-8-12(10)16-4/h6-8,13,15H,5,9H2,1-4H3. The SMILES string of the molecule is CCNC1Cc2c(OC)cccc2C1(C)C. The van der Waals surface area contributed by atoms with Gasteiger partial charge in [-0.05, 0) is 30.2 Å². The van der Waals surface area contributed by atoms with Crippen LogP contribution in [-0.2, 0) is 11.8 Å². The van der Waals surface area contributed by atoms with Crippen molar-refractivity contribution in [2.24, 2.45) is 0 Å². The maximum Gasteiger partial charge on any atom is 0.122 e. The second-order valence-electron chi connectivity index (χ2n) is 5.02. The molecule has 2 heteroatoms. The predicted molar refractivity (Wildman–Crippen MR) is 67.2 cm³/mol. The minimum atomic E-state index is 0.194. The highest BCUT2D eigenvalue weighted by Crippen LogP contribution is 2.42. The molecular formula is C14H21NO. The van der Waals surface area contributed by atoms with Crippen LogP contribution < -0.4 is 10.1 Å². The van der Waals surface area contributed by atoms with E-state index in [0.717, 1.165) is 18.7 Å². The Hall–Kier alpha value is -1.02. The first-order chi connectivity index (χ1) is 7.61. The van der Waals surface area contributed by atoms with Crippen molar-refractivity contribution in [3.05, 3.63) is 29.3 Å². The first-order valence-electron chi connectivity index (χ1n) is 6.01. The highest BCUT2D eigenvalue weighted by molar-refractivity contribution is 5.49. The smallest absolute Gasteiger partial charge is 0.122 e. The predicted octanol–water partition coefficient (Wildman–Crippen LogP) is 2.51. The molecule has 0 saturated heterocycles. The van der Waals surface area contributed by atoms with Gasteiger partial charge in [-0.25, -0.2) is 0 Å². The quantitative estimate of drug-likeness (QED) is 0.843. The van der Waals surface area contributed by atoms with Crippen molar-refractivity contribution >= 4 is 0 Å². The lowest BCUT2D eigenvalue weighted by Crippen LogP contribution is -2.41. The summed E-state index contributed by atoms with van der Waals surface area (Å²) in [5.74, 6) is 1.03. The van der Waals surface area contributed by atoms with Crippen LogP contribution in [0.4, 0.5) is 0 Å². The zero-order chi connectivity index (χ0) is 11.8. The lowest BCUT2D eigenvalue weighted by molar-refractivity contribution is 0.373. The monoisotopic (exact) mass is 219 g/mol. The number of likely N-dealkylation sites (N-methyl/N-ethyl adjacent to an activating group) is 1. The number of nitrogens with one attached hydrogen (secondary N) is 1. The molecule has 0 bridgehead atoms. The topological polar surface area (TPSA) is 21.3 Å². The molecule has 1 aliphatic carbocycles. The molecule has 0 aromatic heterocycles. The molecule has 0 heterocycles. The van der Waals surface area contributed by atoms with E-state index in [1.54, 1.807) is 7.11 Å². The summed E-state index contributed by atoms with van der Waals surface area (Å²) in [6.07, 6.45) is 1.07. The van der Waals surface area contributed by atoms with Gasteiger partial charge in [0, 0.05) is 11.5 Å². The molecular weight excluding hydrogens is 198 g/mol. The Morgan fingerprint density at radius 3 is 2.81 bits per heavy atom. The Kier molecular flexibility index (Phi) is 2.94. The first kappa shape index (κ1) is 11.5. The van der Waals surface area contributed by atoms with E-state index in [2.05, 4.69) is 44.3 Å². The molecule has 1 unspecified atom stereocenters. The van der Waals surface area contributed by atoms with E-state index in [0.29, 0.717) is 6.04 Å². The lowest BCUT2D eigenvalue weighted by atomic mass is 9.83. The van der Waals surface area contributed by atoms with Gasteiger partial charge in [0.2, 0.25) is 0 Å². The van der Waals surface area contributed by atoms with Gasteiger partial charge in [-0.2, -0.15) is 0 Å². The maximum atomic E-state index is 5.45. The van der Waals surface area contributed by atoms with Crippen LogP contribution in [-0.4, -0.2) is 19.7 Å². The minimum absolute atomic E-state index is 0.194. The molecule has 1 atom stereocenters. The van der Waals surface area contributed by atoms with Crippen LogP contribution in [0.3, 0.4) is 0 Å². The molecule has 2 nitrogen and oxygen atoms in total. The maximum absolute atomic E-state index is 5.45. The Bertz CT molecular complexity index is 384. The van der Waals surface area contributed by atoms with Crippen LogP contribution in [0.25, 0.3) is 0 Å². The number of rotatable bonds is 3. The number of hydrogen-bond acceptors (Lipinski definition) is 2. The molecule has 0 aliphatic heterocycles. The highest BCUT2D eigenvalue weighted by atomic mass is 16.5. The van der Waals surface area contributed by atoms with Crippen LogP contribution in [0, 0.1) is 0 Å². The summed E-state index contributed by atoms with van der Waals surface area (Å²) in [5.41, 5.74) is 3.00. The Labute approximate surface area is 98.0 Å². The lowest BCUT2D eigenvalue weighted by Gasteiger charge is -2.28. The van der Waals surface area contributed by atoms with Gasteiger partial charge in [-0.3, -0.25) is 0 Å². The number of fused-ring (bicyclic) bond motifs is 1. The van der Waals surface area contributed by atoms with E-state index in [4.69, 9.17) is 4.74 Å². The number of ether oxygens (including phenoxy) is 1. The number of benzene rings is 1. The van der Waals surface area contributed by atoms with E-state index in [1.165, 1.54) is 11.1 Å². The van der Waals surface area contributed by atoms with Crippen molar-refractivity contribution in [3.63, 3.8) is 0 Å². The molecule has 88 valence electrons. The average Bonchev–Trinajstić information content (AvgIpc) is 2.52. The van der Waals surface area contributed by atoms with Gasteiger partial charge in [-0.1, -0.05) is 32.9 Å². The summed E-state index contributed by atoms with van der Waals surface area (Å²) in [5, 5.41) is 3.58. The Balaban J connectivity index is 2.42. The minimum Gasteiger partial charge on any atom is -0.496 e. The van der Waals surface area contributed by atoms with Crippen molar-refractivity contribution < 1.29 is 4.74 Å². The van der Waals surface area contributed by atoms with Crippen molar-refractivity contribution in [1.82, 2.24) is 5.32 Å². The molecule has 0 amide bonds. The fourth-order valence-corrected chi connectivity index (χ4v) is 2.79.